The topological polar surface area (TPSA) is 54.9 Å². The van der Waals surface area contributed by atoms with E-state index in [-0.39, 0.29) is 5.91 Å². The van der Waals surface area contributed by atoms with Crippen LogP contribution in [0.4, 0.5) is 0 Å². The first-order valence-corrected chi connectivity index (χ1v) is 8.42. The zero-order valence-corrected chi connectivity index (χ0v) is 14.3. The summed E-state index contributed by atoms with van der Waals surface area (Å²) in [6.45, 7) is 2.55. The lowest BCUT2D eigenvalue weighted by molar-refractivity contribution is 0.0953. The van der Waals surface area contributed by atoms with Crippen LogP contribution in [0.2, 0.25) is 0 Å². The minimum atomic E-state index is -0.0726. The Morgan fingerprint density at radius 3 is 2.68 bits per heavy atom. The van der Waals surface area contributed by atoms with E-state index < -0.39 is 0 Å². The molecule has 0 bridgehead atoms. The molecule has 4 nitrogen and oxygen atoms in total. The quantitative estimate of drug-likeness (QED) is 0.699. The molecule has 1 N–H and O–H groups in total. The van der Waals surface area contributed by atoms with Gasteiger partial charge in [-0.1, -0.05) is 30.3 Å². The second kappa shape index (κ2) is 8.20. The maximum Gasteiger partial charge on any atom is 0.252 e. The third kappa shape index (κ3) is 4.73. The smallest absolute Gasteiger partial charge is 0.252 e. The predicted octanol–water partition coefficient (Wildman–Crippen LogP) is 3.81. The number of aryl methyl sites for hydroxylation is 2. The number of carbonyl (C=O) groups excluding carboxylic acids is 1. The van der Waals surface area contributed by atoms with Crippen LogP contribution in [0.15, 0.2) is 67.1 Å². The summed E-state index contributed by atoms with van der Waals surface area (Å²) in [6.07, 6.45) is 7.07. The van der Waals surface area contributed by atoms with Gasteiger partial charge in [-0.05, 0) is 54.7 Å². The molecule has 126 valence electrons. The van der Waals surface area contributed by atoms with Gasteiger partial charge in [-0.3, -0.25) is 14.8 Å². The predicted molar refractivity (Wildman–Crippen MR) is 99.3 cm³/mol. The lowest BCUT2D eigenvalue weighted by Crippen LogP contribution is -2.24. The summed E-state index contributed by atoms with van der Waals surface area (Å²) in [6, 6.07) is 16.1. The largest absolute Gasteiger partial charge is 0.352 e. The van der Waals surface area contributed by atoms with Crippen molar-refractivity contribution in [2.45, 2.75) is 19.8 Å². The summed E-state index contributed by atoms with van der Waals surface area (Å²) in [5.74, 6) is -0.0726. The molecule has 3 rings (SSSR count). The SMILES string of the molecule is Cc1ccc(C(=O)NCCCc2cccc(-c3cccnc3)c2)cn1. The highest BCUT2D eigenvalue weighted by atomic mass is 16.1. The summed E-state index contributed by atoms with van der Waals surface area (Å²) in [7, 11) is 0. The van der Waals surface area contributed by atoms with E-state index in [0.717, 1.165) is 24.1 Å². The van der Waals surface area contributed by atoms with E-state index in [2.05, 4.69) is 45.6 Å². The van der Waals surface area contributed by atoms with E-state index in [1.807, 2.05) is 25.3 Å². The maximum atomic E-state index is 12.0. The van der Waals surface area contributed by atoms with Crippen LogP contribution >= 0.6 is 0 Å². The normalized spacial score (nSPS) is 10.4. The molecule has 0 spiro atoms. The van der Waals surface area contributed by atoms with E-state index in [1.54, 1.807) is 18.5 Å². The van der Waals surface area contributed by atoms with Crippen molar-refractivity contribution in [1.29, 1.82) is 0 Å². The van der Waals surface area contributed by atoms with Gasteiger partial charge < -0.3 is 5.32 Å². The van der Waals surface area contributed by atoms with Crippen LogP contribution < -0.4 is 5.32 Å². The Kier molecular flexibility index (Phi) is 5.52. The van der Waals surface area contributed by atoms with Crippen LogP contribution in [0.1, 0.15) is 28.0 Å². The molecule has 0 unspecified atom stereocenters. The lowest BCUT2D eigenvalue weighted by atomic mass is 10.0. The van der Waals surface area contributed by atoms with Gasteiger partial charge in [0.05, 0.1) is 5.56 Å². The second-order valence-electron chi connectivity index (χ2n) is 5.99. The molecule has 0 fully saturated rings. The van der Waals surface area contributed by atoms with E-state index >= 15 is 0 Å². The Balaban J connectivity index is 1.51. The van der Waals surface area contributed by atoms with Gasteiger partial charge in [0.25, 0.3) is 5.91 Å². The van der Waals surface area contributed by atoms with Crippen LogP contribution in [0, 0.1) is 6.92 Å². The number of nitrogens with zero attached hydrogens (tertiary/aromatic N) is 2. The first-order chi connectivity index (χ1) is 12.2. The minimum absolute atomic E-state index is 0.0726. The molecule has 0 aliphatic carbocycles. The molecule has 1 aromatic carbocycles. The molecule has 0 saturated heterocycles. The highest BCUT2D eigenvalue weighted by Crippen LogP contribution is 2.19. The van der Waals surface area contributed by atoms with E-state index in [0.29, 0.717) is 12.1 Å². The standard InChI is InChI=1S/C21H21N3O/c1-16-9-10-20(15-24-16)21(25)23-12-3-6-17-5-2-7-18(13-17)19-8-4-11-22-14-19/h2,4-5,7-11,13-15H,3,6,12H2,1H3,(H,23,25). The number of carbonyl (C=O) groups is 1. The summed E-state index contributed by atoms with van der Waals surface area (Å²) in [5.41, 5.74) is 5.05. The van der Waals surface area contributed by atoms with Gasteiger partial charge in [-0.15, -0.1) is 0 Å². The summed E-state index contributed by atoms with van der Waals surface area (Å²) in [5, 5.41) is 2.95. The average Bonchev–Trinajstić information content (AvgIpc) is 2.66. The number of rotatable bonds is 6. The Morgan fingerprint density at radius 2 is 1.92 bits per heavy atom. The number of amides is 1. The highest BCUT2D eigenvalue weighted by Gasteiger charge is 2.05. The lowest BCUT2D eigenvalue weighted by Gasteiger charge is -2.07. The Hall–Kier alpha value is -3.01. The number of benzene rings is 1. The molecular formula is C21H21N3O. The van der Waals surface area contributed by atoms with E-state index in [9.17, 15) is 4.79 Å². The number of hydrogen-bond donors (Lipinski definition) is 1. The average molecular weight is 331 g/mol. The molecule has 0 aliphatic rings. The molecule has 0 atom stereocenters. The Labute approximate surface area is 148 Å². The zero-order chi connectivity index (χ0) is 17.5. The summed E-state index contributed by atoms with van der Waals surface area (Å²) >= 11 is 0. The van der Waals surface area contributed by atoms with Gasteiger partial charge in [0.2, 0.25) is 0 Å². The van der Waals surface area contributed by atoms with Crippen molar-refractivity contribution >= 4 is 5.91 Å². The first kappa shape index (κ1) is 16.8. The molecular weight excluding hydrogens is 310 g/mol. The van der Waals surface area contributed by atoms with Crippen molar-refractivity contribution in [2.75, 3.05) is 6.54 Å². The van der Waals surface area contributed by atoms with Crippen LogP contribution in [0.5, 0.6) is 0 Å². The van der Waals surface area contributed by atoms with Crippen molar-refractivity contribution in [3.63, 3.8) is 0 Å². The Morgan fingerprint density at radius 1 is 1.04 bits per heavy atom. The molecule has 0 aliphatic heterocycles. The van der Waals surface area contributed by atoms with Crippen molar-refractivity contribution in [2.24, 2.45) is 0 Å². The fourth-order valence-corrected chi connectivity index (χ4v) is 2.64. The van der Waals surface area contributed by atoms with Gasteiger partial charge in [-0.25, -0.2) is 0 Å². The van der Waals surface area contributed by atoms with Crippen molar-refractivity contribution < 1.29 is 4.79 Å². The number of nitrogens with one attached hydrogen (secondary N) is 1. The first-order valence-electron chi connectivity index (χ1n) is 8.42. The number of pyridine rings is 2. The van der Waals surface area contributed by atoms with Crippen molar-refractivity contribution in [1.82, 2.24) is 15.3 Å². The third-order valence-corrected chi connectivity index (χ3v) is 4.02. The summed E-state index contributed by atoms with van der Waals surface area (Å²) in [4.78, 5) is 20.4. The van der Waals surface area contributed by atoms with Gasteiger partial charge in [0, 0.05) is 30.8 Å². The molecule has 2 heterocycles. The Bertz CT molecular complexity index is 829. The van der Waals surface area contributed by atoms with Gasteiger partial charge in [0.15, 0.2) is 0 Å². The van der Waals surface area contributed by atoms with Gasteiger partial charge in [0.1, 0.15) is 0 Å². The fourth-order valence-electron chi connectivity index (χ4n) is 2.64. The monoisotopic (exact) mass is 331 g/mol. The molecule has 2 aromatic heterocycles. The molecule has 3 aromatic rings. The molecule has 0 radical (unpaired) electrons. The van der Waals surface area contributed by atoms with Crippen LogP contribution in [-0.4, -0.2) is 22.4 Å². The van der Waals surface area contributed by atoms with Gasteiger partial charge in [-0.2, -0.15) is 0 Å². The third-order valence-electron chi connectivity index (χ3n) is 4.02. The molecule has 0 saturated carbocycles. The van der Waals surface area contributed by atoms with Gasteiger partial charge >= 0.3 is 0 Å². The highest BCUT2D eigenvalue weighted by molar-refractivity contribution is 5.93. The molecule has 4 heteroatoms. The fraction of sp³-hybridized carbons (Fsp3) is 0.190. The number of aromatic nitrogens is 2. The molecule has 1 amide bonds. The van der Waals surface area contributed by atoms with Crippen LogP contribution in [0.25, 0.3) is 11.1 Å². The van der Waals surface area contributed by atoms with Crippen molar-refractivity contribution in [3.05, 3.63) is 83.9 Å². The maximum absolute atomic E-state index is 12.0. The number of hydrogen-bond acceptors (Lipinski definition) is 3. The molecule has 25 heavy (non-hydrogen) atoms. The summed E-state index contributed by atoms with van der Waals surface area (Å²) < 4.78 is 0. The zero-order valence-electron chi connectivity index (χ0n) is 14.3. The van der Waals surface area contributed by atoms with E-state index in [1.165, 1.54) is 11.1 Å². The van der Waals surface area contributed by atoms with Crippen molar-refractivity contribution in [3.8, 4) is 11.1 Å². The van der Waals surface area contributed by atoms with Crippen LogP contribution in [0.3, 0.4) is 0 Å². The van der Waals surface area contributed by atoms with Crippen LogP contribution in [-0.2, 0) is 6.42 Å². The second-order valence-corrected chi connectivity index (χ2v) is 5.99. The minimum Gasteiger partial charge on any atom is -0.352 e. The van der Waals surface area contributed by atoms with E-state index in [4.69, 9.17) is 0 Å².